The Bertz CT molecular complexity index is 676. The normalized spacial score (nSPS) is 16.9. The smallest absolute Gasteiger partial charge is 0.337 e. The highest BCUT2D eigenvalue weighted by Gasteiger charge is 2.30. The highest BCUT2D eigenvalue weighted by atomic mass is 32.2. The number of primary amides is 1. The monoisotopic (exact) mass is 340 g/mol. The van der Waals surface area contributed by atoms with E-state index in [9.17, 15) is 18.0 Å². The maximum atomic E-state index is 12.4. The highest BCUT2D eigenvalue weighted by molar-refractivity contribution is 7.88. The Labute approximate surface area is 135 Å². The molecule has 0 radical (unpaired) electrons. The third-order valence-electron chi connectivity index (χ3n) is 3.97. The summed E-state index contributed by atoms with van der Waals surface area (Å²) in [5, 5.41) is 0. The van der Waals surface area contributed by atoms with Crippen LogP contribution in [0.15, 0.2) is 24.3 Å². The van der Waals surface area contributed by atoms with Gasteiger partial charge in [0.25, 0.3) is 0 Å². The van der Waals surface area contributed by atoms with E-state index in [2.05, 4.69) is 4.74 Å². The molecule has 0 bridgehead atoms. The molecule has 2 rings (SSSR count). The van der Waals surface area contributed by atoms with Crippen LogP contribution in [-0.4, -0.2) is 44.8 Å². The van der Waals surface area contributed by atoms with Gasteiger partial charge in [-0.3, -0.25) is 4.79 Å². The van der Waals surface area contributed by atoms with Gasteiger partial charge in [-0.25, -0.2) is 17.5 Å². The van der Waals surface area contributed by atoms with Crippen LogP contribution in [0.3, 0.4) is 0 Å². The first-order chi connectivity index (χ1) is 10.8. The van der Waals surface area contributed by atoms with Crippen LogP contribution in [0.2, 0.25) is 0 Å². The quantitative estimate of drug-likeness (QED) is 0.786. The topological polar surface area (TPSA) is 107 Å². The Hall–Kier alpha value is -1.93. The molecule has 0 unspecified atom stereocenters. The molecule has 0 spiro atoms. The summed E-state index contributed by atoms with van der Waals surface area (Å²) in [6.45, 7) is 0.604. The molecule has 2 N–H and O–H groups in total. The number of carbonyl (C=O) groups excluding carboxylic acids is 2. The van der Waals surface area contributed by atoms with Crippen molar-refractivity contribution in [3.63, 3.8) is 0 Å². The van der Waals surface area contributed by atoms with Gasteiger partial charge in [-0.1, -0.05) is 12.1 Å². The van der Waals surface area contributed by atoms with Gasteiger partial charge >= 0.3 is 5.97 Å². The number of hydrogen-bond acceptors (Lipinski definition) is 5. The van der Waals surface area contributed by atoms with Gasteiger partial charge in [0, 0.05) is 19.0 Å². The molecule has 1 aliphatic rings. The Morgan fingerprint density at radius 3 is 2.26 bits per heavy atom. The molecule has 7 nitrogen and oxygen atoms in total. The number of nitrogens with zero attached hydrogens (tertiary/aromatic N) is 1. The van der Waals surface area contributed by atoms with Gasteiger partial charge in [-0.05, 0) is 30.5 Å². The van der Waals surface area contributed by atoms with Gasteiger partial charge in [0.2, 0.25) is 15.9 Å². The third-order valence-corrected chi connectivity index (χ3v) is 5.82. The zero-order valence-electron chi connectivity index (χ0n) is 12.9. The number of rotatable bonds is 5. The summed E-state index contributed by atoms with van der Waals surface area (Å²) in [6, 6.07) is 6.27. The Morgan fingerprint density at radius 2 is 1.78 bits per heavy atom. The fourth-order valence-electron chi connectivity index (χ4n) is 2.58. The van der Waals surface area contributed by atoms with Gasteiger partial charge in [0.15, 0.2) is 0 Å². The van der Waals surface area contributed by atoms with Crippen LogP contribution in [0.1, 0.15) is 28.8 Å². The fraction of sp³-hybridized carbons (Fsp3) is 0.467. The van der Waals surface area contributed by atoms with E-state index in [0.717, 1.165) is 0 Å². The molecule has 126 valence electrons. The van der Waals surface area contributed by atoms with Crippen LogP contribution < -0.4 is 5.73 Å². The Morgan fingerprint density at radius 1 is 1.22 bits per heavy atom. The van der Waals surface area contributed by atoms with Crippen molar-refractivity contribution in [2.75, 3.05) is 20.2 Å². The third kappa shape index (κ3) is 4.29. The lowest BCUT2D eigenvalue weighted by Crippen LogP contribution is -2.42. The minimum atomic E-state index is -3.46. The number of amides is 1. The molecule has 1 heterocycles. The molecule has 0 aliphatic carbocycles. The summed E-state index contributed by atoms with van der Waals surface area (Å²) in [5.41, 5.74) is 6.21. The van der Waals surface area contributed by atoms with Gasteiger partial charge in [0.1, 0.15) is 0 Å². The maximum Gasteiger partial charge on any atom is 0.337 e. The van der Waals surface area contributed by atoms with E-state index in [1.807, 2.05) is 0 Å². The first-order valence-corrected chi connectivity index (χ1v) is 8.89. The van der Waals surface area contributed by atoms with Crippen LogP contribution in [0.25, 0.3) is 0 Å². The second-order valence-electron chi connectivity index (χ2n) is 5.52. The van der Waals surface area contributed by atoms with Gasteiger partial charge in [0.05, 0.1) is 18.4 Å². The molecule has 0 saturated carbocycles. The summed E-state index contributed by atoms with van der Waals surface area (Å²) >= 11 is 0. The SMILES string of the molecule is COC(=O)c1ccc(CS(=O)(=O)N2CCC(C(N)=O)CC2)cc1. The van der Waals surface area contributed by atoms with E-state index < -0.39 is 16.0 Å². The van der Waals surface area contributed by atoms with E-state index in [1.54, 1.807) is 12.1 Å². The molecule has 8 heteroatoms. The van der Waals surface area contributed by atoms with Crippen LogP contribution in [0.4, 0.5) is 0 Å². The predicted molar refractivity (Wildman–Crippen MR) is 83.9 cm³/mol. The molecule has 1 aromatic carbocycles. The maximum absolute atomic E-state index is 12.4. The van der Waals surface area contributed by atoms with Crippen molar-refractivity contribution in [2.45, 2.75) is 18.6 Å². The molecular weight excluding hydrogens is 320 g/mol. The average molecular weight is 340 g/mol. The molecule has 1 amide bonds. The molecule has 23 heavy (non-hydrogen) atoms. The number of esters is 1. The second-order valence-corrected chi connectivity index (χ2v) is 7.49. The number of sulfonamides is 1. The highest BCUT2D eigenvalue weighted by Crippen LogP contribution is 2.21. The number of hydrogen-bond donors (Lipinski definition) is 1. The van der Waals surface area contributed by atoms with Crippen LogP contribution >= 0.6 is 0 Å². The van der Waals surface area contributed by atoms with Gasteiger partial charge in [-0.2, -0.15) is 0 Å². The number of methoxy groups -OCH3 is 1. The van der Waals surface area contributed by atoms with Crippen molar-refractivity contribution in [1.82, 2.24) is 4.31 Å². The Kier molecular flexibility index (Phi) is 5.38. The summed E-state index contributed by atoms with van der Waals surface area (Å²) < 4.78 is 30.8. The molecular formula is C15H20N2O5S. The molecule has 1 aliphatic heterocycles. The second kappa shape index (κ2) is 7.10. The molecule has 1 aromatic rings. The lowest BCUT2D eigenvalue weighted by atomic mass is 9.98. The Balaban J connectivity index is 2.01. The van der Waals surface area contributed by atoms with Crippen LogP contribution in [0.5, 0.6) is 0 Å². The number of ether oxygens (including phenoxy) is 1. The van der Waals surface area contributed by atoms with Crippen molar-refractivity contribution >= 4 is 21.9 Å². The van der Waals surface area contributed by atoms with Crippen molar-refractivity contribution in [3.8, 4) is 0 Å². The summed E-state index contributed by atoms with van der Waals surface area (Å²) in [6.07, 6.45) is 0.908. The van der Waals surface area contributed by atoms with E-state index in [0.29, 0.717) is 37.1 Å². The van der Waals surface area contributed by atoms with E-state index in [-0.39, 0.29) is 17.6 Å². The minimum absolute atomic E-state index is 0.143. The molecule has 0 atom stereocenters. The van der Waals surface area contributed by atoms with E-state index >= 15 is 0 Å². The van der Waals surface area contributed by atoms with E-state index in [1.165, 1.54) is 23.5 Å². The standard InChI is InChI=1S/C15H20N2O5S/c1-22-15(19)13-4-2-11(3-5-13)10-23(20,21)17-8-6-12(7-9-17)14(16)18/h2-5,12H,6-10H2,1H3,(H2,16,18). The molecule has 0 aromatic heterocycles. The zero-order chi connectivity index (χ0) is 17.0. The summed E-state index contributed by atoms with van der Waals surface area (Å²) in [4.78, 5) is 22.5. The summed E-state index contributed by atoms with van der Waals surface area (Å²) in [5.74, 6) is -1.23. The number of carbonyl (C=O) groups is 2. The largest absolute Gasteiger partial charge is 0.465 e. The lowest BCUT2D eigenvalue weighted by molar-refractivity contribution is -0.122. The first-order valence-electron chi connectivity index (χ1n) is 7.28. The number of piperidine rings is 1. The van der Waals surface area contributed by atoms with Crippen molar-refractivity contribution in [2.24, 2.45) is 11.7 Å². The number of benzene rings is 1. The predicted octanol–water partition coefficient (Wildman–Crippen LogP) is 0.500. The van der Waals surface area contributed by atoms with Crippen molar-refractivity contribution < 1.29 is 22.7 Å². The minimum Gasteiger partial charge on any atom is -0.465 e. The van der Waals surface area contributed by atoms with Gasteiger partial charge < -0.3 is 10.5 Å². The average Bonchev–Trinajstić information content (AvgIpc) is 2.54. The lowest BCUT2D eigenvalue weighted by Gasteiger charge is -2.29. The fourth-order valence-corrected chi connectivity index (χ4v) is 4.14. The van der Waals surface area contributed by atoms with Crippen molar-refractivity contribution in [1.29, 1.82) is 0 Å². The molecule has 1 saturated heterocycles. The van der Waals surface area contributed by atoms with Gasteiger partial charge in [-0.15, -0.1) is 0 Å². The van der Waals surface area contributed by atoms with Crippen LogP contribution in [0, 0.1) is 5.92 Å². The molecule has 1 fully saturated rings. The number of nitrogens with two attached hydrogens (primary N) is 1. The zero-order valence-corrected chi connectivity index (χ0v) is 13.7. The van der Waals surface area contributed by atoms with Crippen molar-refractivity contribution in [3.05, 3.63) is 35.4 Å². The summed E-state index contributed by atoms with van der Waals surface area (Å²) in [7, 11) is -2.17. The first kappa shape index (κ1) is 17.4. The van der Waals surface area contributed by atoms with E-state index in [4.69, 9.17) is 5.73 Å². The van der Waals surface area contributed by atoms with Crippen LogP contribution in [-0.2, 0) is 25.3 Å².